The van der Waals surface area contributed by atoms with E-state index in [9.17, 15) is 4.79 Å². The van der Waals surface area contributed by atoms with Gasteiger partial charge in [-0.15, -0.1) is 5.11 Å². The molecule has 2 aromatic carbocycles. The van der Waals surface area contributed by atoms with Crippen LogP contribution in [0.4, 0.5) is 11.4 Å². The number of benzene rings is 2. The normalized spacial score (nSPS) is 11.0. The summed E-state index contributed by atoms with van der Waals surface area (Å²) in [5, 5.41) is 11.5. The first kappa shape index (κ1) is 16.1. The van der Waals surface area contributed by atoms with Crippen LogP contribution in [0.25, 0.3) is 11.3 Å². The molecule has 0 amide bonds. The summed E-state index contributed by atoms with van der Waals surface area (Å²) in [6.45, 7) is 0. The van der Waals surface area contributed by atoms with E-state index in [1.54, 1.807) is 24.3 Å². The largest absolute Gasteiger partial charge is 0.374 e. The molecular formula is C16H12ClN5OS. The van der Waals surface area contributed by atoms with Crippen LogP contribution in [0.1, 0.15) is 0 Å². The van der Waals surface area contributed by atoms with Crippen LogP contribution in [0.3, 0.4) is 0 Å². The Morgan fingerprint density at radius 1 is 1.12 bits per heavy atom. The fraction of sp³-hybridized carbons (Fsp3) is 0. The number of nitrogens with zero attached hydrogens (tertiary/aromatic N) is 3. The van der Waals surface area contributed by atoms with Crippen molar-refractivity contribution in [1.29, 1.82) is 0 Å². The maximum Gasteiger partial charge on any atom is 0.301 e. The molecule has 24 heavy (non-hydrogen) atoms. The van der Waals surface area contributed by atoms with Gasteiger partial charge in [-0.3, -0.25) is 9.89 Å². The van der Waals surface area contributed by atoms with Crippen molar-refractivity contribution in [3.05, 3.63) is 70.0 Å². The summed E-state index contributed by atoms with van der Waals surface area (Å²) in [5.41, 5.74) is 7.01. The highest BCUT2D eigenvalue weighted by molar-refractivity contribution is 7.80. The number of hydrogen-bond acceptors (Lipinski definition) is 4. The molecule has 3 N–H and O–H groups in total. The lowest BCUT2D eigenvalue weighted by molar-refractivity contribution is 0.910. The molecule has 0 aliphatic carbocycles. The number of H-pyrrole nitrogens is 1. The van der Waals surface area contributed by atoms with E-state index in [2.05, 4.69) is 15.3 Å². The van der Waals surface area contributed by atoms with Crippen LogP contribution in [-0.2, 0) is 0 Å². The van der Waals surface area contributed by atoms with E-state index < -0.39 is 5.56 Å². The van der Waals surface area contributed by atoms with Gasteiger partial charge in [0.1, 0.15) is 0 Å². The predicted molar refractivity (Wildman–Crippen MR) is 98.3 cm³/mol. The van der Waals surface area contributed by atoms with Crippen LogP contribution in [-0.4, -0.2) is 14.9 Å². The Morgan fingerprint density at radius 2 is 1.88 bits per heavy atom. The Morgan fingerprint density at radius 3 is 2.54 bits per heavy atom. The number of nitrogens with two attached hydrogens (primary N) is 1. The van der Waals surface area contributed by atoms with E-state index in [-0.39, 0.29) is 10.8 Å². The van der Waals surface area contributed by atoms with Crippen molar-refractivity contribution in [3.8, 4) is 11.3 Å². The summed E-state index contributed by atoms with van der Waals surface area (Å²) in [6.07, 6.45) is 0. The molecule has 1 heterocycles. The van der Waals surface area contributed by atoms with Gasteiger partial charge in [0.25, 0.3) is 0 Å². The summed E-state index contributed by atoms with van der Waals surface area (Å²) in [6, 6.07) is 16.1. The second kappa shape index (κ2) is 6.77. The summed E-state index contributed by atoms with van der Waals surface area (Å²) >= 11 is 10.8. The minimum atomic E-state index is -0.466. The Kier molecular flexibility index (Phi) is 4.54. The molecule has 0 atom stereocenters. The molecule has 8 heteroatoms. The number of aromatic nitrogens is 2. The summed E-state index contributed by atoms with van der Waals surface area (Å²) in [5.74, 6) is 0. The highest BCUT2D eigenvalue weighted by Crippen LogP contribution is 2.27. The average molecular weight is 358 g/mol. The monoisotopic (exact) mass is 357 g/mol. The molecule has 0 bridgehead atoms. The zero-order chi connectivity index (χ0) is 17.1. The lowest BCUT2D eigenvalue weighted by atomic mass is 10.1. The molecule has 0 spiro atoms. The fourth-order valence-electron chi connectivity index (χ4n) is 2.13. The number of nitrogens with one attached hydrogen (secondary N) is 1. The van der Waals surface area contributed by atoms with E-state index in [4.69, 9.17) is 29.6 Å². The van der Waals surface area contributed by atoms with Gasteiger partial charge < -0.3 is 5.73 Å². The first-order valence-electron chi connectivity index (χ1n) is 6.94. The minimum Gasteiger partial charge on any atom is -0.374 e. The highest BCUT2D eigenvalue weighted by atomic mass is 35.5. The predicted octanol–water partition coefficient (Wildman–Crippen LogP) is 4.00. The number of thiocarbonyl (C=S) groups is 1. The third-order valence-corrected chi connectivity index (χ3v) is 3.64. The molecule has 120 valence electrons. The van der Waals surface area contributed by atoms with Gasteiger partial charge in [0.05, 0.1) is 11.4 Å². The van der Waals surface area contributed by atoms with Crippen molar-refractivity contribution < 1.29 is 0 Å². The Balaban J connectivity index is 2.12. The second-order valence-corrected chi connectivity index (χ2v) is 5.71. The van der Waals surface area contributed by atoms with Crippen LogP contribution < -0.4 is 11.3 Å². The maximum absolute atomic E-state index is 12.5. The smallest absolute Gasteiger partial charge is 0.301 e. The molecule has 0 radical (unpaired) electrons. The van der Waals surface area contributed by atoms with Crippen molar-refractivity contribution in [1.82, 2.24) is 9.78 Å². The van der Waals surface area contributed by atoms with Crippen LogP contribution in [0.5, 0.6) is 0 Å². The molecule has 0 fully saturated rings. The van der Waals surface area contributed by atoms with Crippen molar-refractivity contribution in [3.63, 3.8) is 0 Å². The van der Waals surface area contributed by atoms with Gasteiger partial charge in [-0.1, -0.05) is 48.0 Å². The number of halogens is 1. The molecule has 6 nitrogen and oxygen atoms in total. The van der Waals surface area contributed by atoms with E-state index in [0.717, 1.165) is 10.2 Å². The van der Waals surface area contributed by atoms with Gasteiger partial charge >= 0.3 is 5.56 Å². The molecule has 3 aromatic rings. The molecule has 0 unspecified atom stereocenters. The van der Waals surface area contributed by atoms with Crippen LogP contribution in [0.2, 0.25) is 5.02 Å². The highest BCUT2D eigenvalue weighted by Gasteiger charge is 2.16. The molecular weight excluding hydrogens is 346 g/mol. The van der Waals surface area contributed by atoms with Crippen molar-refractivity contribution in [2.24, 2.45) is 16.0 Å². The standard InChI is InChI=1S/C16H12ClN5OS/c17-11-7-4-8-12(9-11)19-20-14-13(10-5-2-1-3-6-10)21-22(15(14)23)16(18)24/h1-9,21H,(H2,18,24). The van der Waals surface area contributed by atoms with E-state index >= 15 is 0 Å². The number of azo groups is 1. The SMILES string of the molecule is NC(=S)n1[nH]c(-c2ccccc2)c(N=Nc2cccc(Cl)c2)c1=O. The summed E-state index contributed by atoms with van der Waals surface area (Å²) in [4.78, 5) is 12.5. The fourth-order valence-corrected chi connectivity index (χ4v) is 2.44. The van der Waals surface area contributed by atoms with Gasteiger partial charge in [-0.2, -0.15) is 9.80 Å². The number of hydrogen-bond donors (Lipinski definition) is 2. The molecule has 3 rings (SSSR count). The van der Waals surface area contributed by atoms with Gasteiger partial charge in [-0.25, -0.2) is 0 Å². The van der Waals surface area contributed by atoms with Gasteiger partial charge in [0, 0.05) is 10.6 Å². The summed E-state index contributed by atoms with van der Waals surface area (Å²) in [7, 11) is 0. The Bertz CT molecular complexity index is 978. The summed E-state index contributed by atoms with van der Waals surface area (Å²) < 4.78 is 1.06. The van der Waals surface area contributed by atoms with Crippen LogP contribution in [0.15, 0.2) is 69.6 Å². The van der Waals surface area contributed by atoms with Gasteiger partial charge in [0.15, 0.2) is 10.8 Å². The van der Waals surface area contributed by atoms with Crippen molar-refractivity contribution in [2.45, 2.75) is 0 Å². The quantitative estimate of drug-likeness (QED) is 0.548. The minimum absolute atomic E-state index is 0.0959. The van der Waals surface area contributed by atoms with Crippen LogP contribution in [0, 0.1) is 0 Å². The Hall–Kier alpha value is -2.77. The lowest BCUT2D eigenvalue weighted by Gasteiger charge is -1.99. The topological polar surface area (TPSA) is 88.5 Å². The molecule has 0 aliphatic heterocycles. The maximum atomic E-state index is 12.5. The number of aromatic amines is 1. The van der Waals surface area contributed by atoms with Crippen molar-refractivity contribution in [2.75, 3.05) is 0 Å². The van der Waals surface area contributed by atoms with Gasteiger partial charge in [0.2, 0.25) is 0 Å². The Labute approximate surface area is 147 Å². The molecule has 0 saturated carbocycles. The average Bonchev–Trinajstić information content (AvgIpc) is 2.91. The van der Waals surface area contributed by atoms with E-state index in [1.807, 2.05) is 30.3 Å². The zero-order valence-electron chi connectivity index (χ0n) is 12.3. The number of rotatable bonds is 3. The molecule has 0 saturated heterocycles. The lowest BCUT2D eigenvalue weighted by Crippen LogP contribution is -2.29. The van der Waals surface area contributed by atoms with Crippen molar-refractivity contribution >= 4 is 40.3 Å². The third kappa shape index (κ3) is 3.27. The second-order valence-electron chi connectivity index (χ2n) is 4.86. The molecule has 1 aromatic heterocycles. The third-order valence-electron chi connectivity index (χ3n) is 3.22. The molecule has 0 aliphatic rings. The van der Waals surface area contributed by atoms with Gasteiger partial charge in [-0.05, 0) is 30.4 Å². The first-order valence-corrected chi connectivity index (χ1v) is 7.72. The van der Waals surface area contributed by atoms with Crippen LogP contribution >= 0.6 is 23.8 Å². The first-order chi connectivity index (χ1) is 11.6. The zero-order valence-corrected chi connectivity index (χ0v) is 13.9. The van der Waals surface area contributed by atoms with E-state index in [1.165, 1.54) is 0 Å². The van der Waals surface area contributed by atoms with E-state index in [0.29, 0.717) is 16.4 Å².